The first kappa shape index (κ1) is 22.4. The molecular weight excluding hydrogens is 434 g/mol. The van der Waals surface area contributed by atoms with Gasteiger partial charge in [0.25, 0.3) is 5.91 Å². The van der Waals surface area contributed by atoms with Crippen LogP contribution in [0.3, 0.4) is 0 Å². The molecule has 33 heavy (non-hydrogen) atoms. The van der Waals surface area contributed by atoms with Crippen molar-refractivity contribution in [3.8, 4) is 16.9 Å². The molecule has 0 fully saturated rings. The molecule has 4 N–H and O–H groups in total. The highest BCUT2D eigenvalue weighted by Gasteiger charge is 2.14. The first-order chi connectivity index (χ1) is 15.9. The number of carbonyl (C=O) groups is 1. The Kier molecular flexibility index (Phi) is 6.65. The summed E-state index contributed by atoms with van der Waals surface area (Å²) in [4.78, 5) is 18.0. The van der Waals surface area contributed by atoms with Gasteiger partial charge in [-0.2, -0.15) is 5.10 Å². The highest BCUT2D eigenvalue weighted by molar-refractivity contribution is 7.98. The Morgan fingerprint density at radius 1 is 1.18 bits per heavy atom. The Balaban J connectivity index is 1.49. The number of benzene rings is 2. The van der Waals surface area contributed by atoms with Gasteiger partial charge < -0.3 is 15.8 Å². The largest absolute Gasteiger partial charge is 0.482 e. The molecule has 168 valence electrons. The molecule has 4 aromatic rings. The van der Waals surface area contributed by atoms with Gasteiger partial charge in [0, 0.05) is 39.7 Å². The van der Waals surface area contributed by atoms with Gasteiger partial charge in [-0.15, -0.1) is 11.8 Å². The summed E-state index contributed by atoms with van der Waals surface area (Å²) in [5.41, 5.74) is 10.9. The van der Waals surface area contributed by atoms with E-state index in [0.29, 0.717) is 22.8 Å². The summed E-state index contributed by atoms with van der Waals surface area (Å²) in [6.45, 7) is 3.85. The number of nitrogens with zero attached hydrogens (tertiary/aromatic N) is 2. The number of hydrogen-bond acceptors (Lipinski definition) is 6. The molecule has 0 radical (unpaired) electrons. The van der Waals surface area contributed by atoms with Crippen molar-refractivity contribution < 1.29 is 9.53 Å². The minimum absolute atomic E-state index is 0.162. The molecule has 8 heteroatoms. The zero-order chi connectivity index (χ0) is 23.4. The van der Waals surface area contributed by atoms with Crippen LogP contribution in [-0.4, -0.2) is 27.3 Å². The molecule has 2 aromatic carbocycles. The van der Waals surface area contributed by atoms with E-state index in [1.54, 1.807) is 18.0 Å². The number of aryl methyl sites for hydroxylation is 1. The fourth-order valence-electron chi connectivity index (χ4n) is 3.42. The van der Waals surface area contributed by atoms with Crippen LogP contribution in [0.25, 0.3) is 11.1 Å². The molecule has 7 nitrogen and oxygen atoms in total. The van der Waals surface area contributed by atoms with Crippen LogP contribution in [0.5, 0.6) is 5.75 Å². The molecule has 0 saturated carbocycles. The van der Waals surface area contributed by atoms with Crippen molar-refractivity contribution in [2.24, 2.45) is 0 Å². The summed E-state index contributed by atoms with van der Waals surface area (Å²) in [5, 5.41) is 9.96. The number of nitrogens with one attached hydrogen (secondary N) is 2. The van der Waals surface area contributed by atoms with E-state index in [9.17, 15) is 4.79 Å². The van der Waals surface area contributed by atoms with Crippen LogP contribution in [0.4, 0.5) is 11.5 Å². The summed E-state index contributed by atoms with van der Waals surface area (Å²) in [5.74, 6) is 0.638. The quantitative estimate of drug-likeness (QED) is 0.316. The fourth-order valence-corrected chi connectivity index (χ4v) is 3.83. The van der Waals surface area contributed by atoms with E-state index in [1.807, 2.05) is 80.9 Å². The number of nitrogen functional groups attached to an aromatic ring is 1. The molecule has 2 heterocycles. The lowest BCUT2D eigenvalue weighted by atomic mass is 10.1. The van der Waals surface area contributed by atoms with Gasteiger partial charge in [0.1, 0.15) is 6.10 Å². The summed E-state index contributed by atoms with van der Waals surface area (Å²) in [6.07, 6.45) is 5.21. The average molecular weight is 460 g/mol. The lowest BCUT2D eigenvalue weighted by molar-refractivity contribution is 0.102. The number of nitrogens with two attached hydrogens (primary N) is 1. The maximum Gasteiger partial charge on any atom is 0.255 e. The number of thioether (sulfide) groups is 1. The summed E-state index contributed by atoms with van der Waals surface area (Å²) < 4.78 is 6.15. The zero-order valence-corrected chi connectivity index (χ0v) is 19.4. The van der Waals surface area contributed by atoms with E-state index in [2.05, 4.69) is 20.5 Å². The summed E-state index contributed by atoms with van der Waals surface area (Å²) in [7, 11) is 0. The predicted octanol–water partition coefficient (Wildman–Crippen LogP) is 5.48. The van der Waals surface area contributed by atoms with Crippen molar-refractivity contribution in [1.29, 1.82) is 0 Å². The average Bonchev–Trinajstić information content (AvgIpc) is 3.26. The molecule has 0 saturated heterocycles. The number of anilines is 2. The van der Waals surface area contributed by atoms with E-state index in [1.165, 1.54) is 0 Å². The molecule has 0 aliphatic heterocycles. The van der Waals surface area contributed by atoms with Crippen molar-refractivity contribution in [3.63, 3.8) is 0 Å². The predicted molar refractivity (Wildman–Crippen MR) is 133 cm³/mol. The second-order valence-corrected chi connectivity index (χ2v) is 8.44. The normalized spacial score (nSPS) is 11.7. The van der Waals surface area contributed by atoms with Gasteiger partial charge in [-0.05, 0) is 68.1 Å². The molecule has 0 unspecified atom stereocenters. The number of rotatable bonds is 7. The minimum atomic E-state index is -0.312. The number of aromatic amines is 1. The Morgan fingerprint density at radius 2 is 1.97 bits per heavy atom. The topological polar surface area (TPSA) is 106 Å². The monoisotopic (exact) mass is 459 g/mol. The van der Waals surface area contributed by atoms with Crippen LogP contribution in [0.15, 0.2) is 71.9 Å². The SMILES string of the molecule is CSc1ccc(C(=O)Nc2cccc([C@@H](C)Oc3cc(-c4c[nH]nc4C)cnc3N)c2)cc1. The van der Waals surface area contributed by atoms with Crippen molar-refractivity contribution in [2.75, 3.05) is 17.3 Å². The minimum Gasteiger partial charge on any atom is -0.482 e. The smallest absolute Gasteiger partial charge is 0.255 e. The Morgan fingerprint density at radius 3 is 2.67 bits per heavy atom. The third-order valence-electron chi connectivity index (χ3n) is 5.29. The number of ether oxygens (including phenoxy) is 1. The molecule has 0 aliphatic rings. The third kappa shape index (κ3) is 5.18. The summed E-state index contributed by atoms with van der Waals surface area (Å²) >= 11 is 1.64. The van der Waals surface area contributed by atoms with Gasteiger partial charge in [0.2, 0.25) is 0 Å². The van der Waals surface area contributed by atoms with Gasteiger partial charge in [0.05, 0.1) is 5.69 Å². The van der Waals surface area contributed by atoms with Crippen LogP contribution in [-0.2, 0) is 0 Å². The van der Waals surface area contributed by atoms with Crippen LogP contribution >= 0.6 is 11.8 Å². The maximum absolute atomic E-state index is 12.6. The summed E-state index contributed by atoms with van der Waals surface area (Å²) in [6, 6.07) is 16.9. The van der Waals surface area contributed by atoms with Crippen molar-refractivity contribution in [2.45, 2.75) is 24.8 Å². The number of amides is 1. The van der Waals surface area contributed by atoms with Crippen molar-refractivity contribution >= 4 is 29.2 Å². The van der Waals surface area contributed by atoms with Gasteiger partial charge in [-0.3, -0.25) is 9.89 Å². The Hall–Kier alpha value is -3.78. The second-order valence-electron chi connectivity index (χ2n) is 7.56. The fraction of sp³-hybridized carbons (Fsp3) is 0.160. The number of H-pyrrole nitrogens is 1. The number of carbonyl (C=O) groups excluding carboxylic acids is 1. The third-order valence-corrected chi connectivity index (χ3v) is 6.04. The van der Waals surface area contributed by atoms with E-state index < -0.39 is 0 Å². The first-order valence-corrected chi connectivity index (χ1v) is 11.7. The van der Waals surface area contributed by atoms with Crippen molar-refractivity contribution in [1.82, 2.24) is 15.2 Å². The lowest BCUT2D eigenvalue weighted by Gasteiger charge is -2.18. The van der Waals surface area contributed by atoms with E-state index >= 15 is 0 Å². The molecule has 2 aromatic heterocycles. The maximum atomic E-state index is 12.6. The molecule has 1 amide bonds. The molecule has 1 atom stereocenters. The highest BCUT2D eigenvalue weighted by atomic mass is 32.2. The van der Waals surface area contributed by atoms with Crippen molar-refractivity contribution in [3.05, 3.63) is 83.8 Å². The molecule has 4 rings (SSSR count). The van der Waals surface area contributed by atoms with Gasteiger partial charge >= 0.3 is 0 Å². The lowest BCUT2D eigenvalue weighted by Crippen LogP contribution is -2.12. The van der Waals surface area contributed by atoms with Gasteiger partial charge in [-0.25, -0.2) is 4.98 Å². The Bertz CT molecular complexity index is 1270. The second kappa shape index (κ2) is 9.79. The van der Waals surface area contributed by atoms with Crippen LogP contribution in [0.2, 0.25) is 0 Å². The standard InChI is InChI=1S/C25H25N5O2S/c1-15-22(14-28-30-15)19-12-23(24(26)27-13-19)32-16(2)18-5-4-6-20(11-18)29-25(31)17-7-9-21(33-3)10-8-17/h4-14,16H,1-3H3,(H2,26,27)(H,28,30)(H,29,31)/t16-/m1/s1. The van der Waals surface area contributed by atoms with Crippen LogP contribution in [0, 0.1) is 6.92 Å². The molecule has 0 bridgehead atoms. The number of aromatic nitrogens is 3. The zero-order valence-electron chi connectivity index (χ0n) is 18.6. The van der Waals surface area contributed by atoms with Gasteiger partial charge in [0.15, 0.2) is 11.6 Å². The molecule has 0 aliphatic carbocycles. The van der Waals surface area contributed by atoms with E-state index in [-0.39, 0.29) is 12.0 Å². The van der Waals surface area contributed by atoms with E-state index in [4.69, 9.17) is 10.5 Å². The first-order valence-electron chi connectivity index (χ1n) is 10.4. The number of pyridine rings is 1. The molecule has 0 spiro atoms. The van der Waals surface area contributed by atoms with Gasteiger partial charge in [-0.1, -0.05) is 12.1 Å². The number of hydrogen-bond donors (Lipinski definition) is 3. The molecular formula is C25H25N5O2S. The van der Waals surface area contributed by atoms with E-state index in [0.717, 1.165) is 27.3 Å². The van der Waals surface area contributed by atoms with Crippen LogP contribution < -0.4 is 15.8 Å². The Labute approximate surface area is 196 Å². The van der Waals surface area contributed by atoms with Crippen LogP contribution in [0.1, 0.15) is 34.6 Å². The highest BCUT2D eigenvalue weighted by Crippen LogP contribution is 2.32.